The molecular formula is C16H24N2O3. The van der Waals surface area contributed by atoms with Crippen molar-refractivity contribution in [1.82, 2.24) is 10.3 Å². The van der Waals surface area contributed by atoms with Gasteiger partial charge in [0.05, 0.1) is 24.5 Å². The van der Waals surface area contributed by atoms with Gasteiger partial charge in [-0.15, -0.1) is 0 Å². The van der Waals surface area contributed by atoms with Crippen LogP contribution >= 0.6 is 0 Å². The molecule has 3 heterocycles. The van der Waals surface area contributed by atoms with Crippen molar-refractivity contribution in [3.63, 3.8) is 0 Å². The lowest BCUT2D eigenvalue weighted by Crippen LogP contribution is -2.44. The van der Waals surface area contributed by atoms with Gasteiger partial charge < -0.3 is 19.5 Å². The van der Waals surface area contributed by atoms with Gasteiger partial charge in [-0.3, -0.25) is 4.98 Å². The molecule has 2 atom stereocenters. The van der Waals surface area contributed by atoms with Crippen LogP contribution < -0.4 is 10.1 Å². The van der Waals surface area contributed by atoms with Crippen LogP contribution in [0.3, 0.4) is 0 Å². The lowest BCUT2D eigenvalue weighted by Gasteiger charge is -2.37. The molecule has 2 unspecified atom stereocenters. The number of ether oxygens (including phenoxy) is 3. The highest BCUT2D eigenvalue weighted by Gasteiger charge is 2.41. The van der Waals surface area contributed by atoms with Crippen LogP contribution in [0.15, 0.2) is 12.1 Å². The maximum atomic E-state index is 6.24. The first-order chi connectivity index (χ1) is 10.2. The molecule has 0 saturated carbocycles. The highest BCUT2D eigenvalue weighted by Crippen LogP contribution is 2.34. The summed E-state index contributed by atoms with van der Waals surface area (Å²) in [7, 11) is 1.92. The molecule has 0 aromatic carbocycles. The SMILES string of the molecule is CNCc1nc(C)ccc1OC1CCOC2(CCOC2)C1. The number of aryl methyl sites for hydroxylation is 1. The van der Waals surface area contributed by atoms with Crippen molar-refractivity contribution >= 4 is 0 Å². The maximum absolute atomic E-state index is 6.24. The van der Waals surface area contributed by atoms with E-state index in [2.05, 4.69) is 10.3 Å². The van der Waals surface area contributed by atoms with Crippen molar-refractivity contribution in [1.29, 1.82) is 0 Å². The van der Waals surface area contributed by atoms with Crippen LogP contribution in [0.25, 0.3) is 0 Å². The van der Waals surface area contributed by atoms with Gasteiger partial charge in [-0.2, -0.15) is 0 Å². The Labute approximate surface area is 126 Å². The number of pyridine rings is 1. The molecule has 0 aliphatic carbocycles. The van der Waals surface area contributed by atoms with Crippen molar-refractivity contribution in [2.75, 3.05) is 26.9 Å². The predicted molar refractivity (Wildman–Crippen MR) is 79.5 cm³/mol. The quantitative estimate of drug-likeness (QED) is 0.917. The molecular weight excluding hydrogens is 268 g/mol. The van der Waals surface area contributed by atoms with Crippen molar-refractivity contribution in [3.8, 4) is 5.75 Å². The van der Waals surface area contributed by atoms with Gasteiger partial charge >= 0.3 is 0 Å². The zero-order chi connectivity index (χ0) is 14.7. The molecule has 5 heteroatoms. The maximum Gasteiger partial charge on any atom is 0.142 e. The van der Waals surface area contributed by atoms with Crippen LogP contribution in [-0.2, 0) is 16.0 Å². The molecule has 1 spiro atoms. The van der Waals surface area contributed by atoms with Crippen LogP contribution in [0.5, 0.6) is 5.75 Å². The Morgan fingerprint density at radius 2 is 2.33 bits per heavy atom. The third-order valence-corrected chi connectivity index (χ3v) is 4.22. The fourth-order valence-corrected chi connectivity index (χ4v) is 3.13. The molecule has 5 nitrogen and oxygen atoms in total. The van der Waals surface area contributed by atoms with Crippen LogP contribution in [0.1, 0.15) is 30.7 Å². The first-order valence-electron chi connectivity index (χ1n) is 7.70. The first-order valence-corrected chi connectivity index (χ1v) is 7.70. The Hall–Kier alpha value is -1.17. The molecule has 21 heavy (non-hydrogen) atoms. The zero-order valence-corrected chi connectivity index (χ0v) is 12.9. The minimum Gasteiger partial charge on any atom is -0.488 e. The Balaban J connectivity index is 1.71. The fourth-order valence-electron chi connectivity index (χ4n) is 3.13. The van der Waals surface area contributed by atoms with E-state index >= 15 is 0 Å². The number of hydrogen-bond acceptors (Lipinski definition) is 5. The van der Waals surface area contributed by atoms with Gasteiger partial charge in [0, 0.05) is 38.1 Å². The Morgan fingerprint density at radius 3 is 3.10 bits per heavy atom. The van der Waals surface area contributed by atoms with Gasteiger partial charge in [0.15, 0.2) is 0 Å². The summed E-state index contributed by atoms with van der Waals surface area (Å²) in [6.07, 6.45) is 2.98. The monoisotopic (exact) mass is 292 g/mol. The lowest BCUT2D eigenvalue weighted by atomic mass is 9.91. The van der Waals surface area contributed by atoms with Crippen LogP contribution in [0.4, 0.5) is 0 Å². The first kappa shape index (κ1) is 14.8. The summed E-state index contributed by atoms with van der Waals surface area (Å²) < 4.78 is 17.7. The van der Waals surface area contributed by atoms with Gasteiger partial charge in [-0.25, -0.2) is 0 Å². The van der Waals surface area contributed by atoms with Crippen molar-refractivity contribution in [3.05, 3.63) is 23.5 Å². The minimum absolute atomic E-state index is 0.121. The van der Waals surface area contributed by atoms with Crippen molar-refractivity contribution < 1.29 is 14.2 Å². The molecule has 116 valence electrons. The number of nitrogens with zero attached hydrogens (tertiary/aromatic N) is 1. The molecule has 3 rings (SSSR count). The van der Waals surface area contributed by atoms with E-state index in [9.17, 15) is 0 Å². The number of rotatable bonds is 4. The second kappa shape index (κ2) is 6.30. The fraction of sp³-hybridized carbons (Fsp3) is 0.688. The molecule has 2 saturated heterocycles. The predicted octanol–water partition coefficient (Wildman–Crippen LogP) is 1.83. The van der Waals surface area contributed by atoms with E-state index in [-0.39, 0.29) is 11.7 Å². The van der Waals surface area contributed by atoms with Crippen molar-refractivity contribution in [2.45, 2.75) is 44.4 Å². The molecule has 0 bridgehead atoms. The lowest BCUT2D eigenvalue weighted by molar-refractivity contribution is -0.112. The Bertz CT molecular complexity index is 486. The normalized spacial score (nSPS) is 29.0. The number of aromatic nitrogens is 1. The van der Waals surface area contributed by atoms with E-state index in [1.807, 2.05) is 26.1 Å². The summed E-state index contributed by atoms with van der Waals surface area (Å²) in [6, 6.07) is 4.03. The summed E-state index contributed by atoms with van der Waals surface area (Å²) in [6.45, 7) is 4.96. The van der Waals surface area contributed by atoms with E-state index in [0.29, 0.717) is 13.2 Å². The van der Waals surface area contributed by atoms with E-state index in [1.54, 1.807) is 0 Å². The van der Waals surface area contributed by atoms with Gasteiger partial charge in [0.25, 0.3) is 0 Å². The smallest absolute Gasteiger partial charge is 0.142 e. The average molecular weight is 292 g/mol. The summed E-state index contributed by atoms with van der Waals surface area (Å²) in [4.78, 5) is 4.57. The third-order valence-electron chi connectivity index (χ3n) is 4.22. The summed E-state index contributed by atoms with van der Waals surface area (Å²) in [5, 5.41) is 3.15. The molecule has 2 aliphatic rings. The third kappa shape index (κ3) is 3.36. The minimum atomic E-state index is -0.121. The number of nitrogens with one attached hydrogen (secondary N) is 1. The molecule has 1 aromatic rings. The topological polar surface area (TPSA) is 52.6 Å². The van der Waals surface area contributed by atoms with Gasteiger partial charge in [0.2, 0.25) is 0 Å². The van der Waals surface area contributed by atoms with Crippen LogP contribution in [0, 0.1) is 6.92 Å². The second-order valence-corrected chi connectivity index (χ2v) is 5.99. The van der Waals surface area contributed by atoms with Gasteiger partial charge in [-0.05, 0) is 26.1 Å². The van der Waals surface area contributed by atoms with Crippen molar-refractivity contribution in [2.24, 2.45) is 0 Å². The molecule has 2 fully saturated rings. The summed E-state index contributed by atoms with van der Waals surface area (Å²) in [5.74, 6) is 0.885. The van der Waals surface area contributed by atoms with Crippen LogP contribution in [-0.4, -0.2) is 43.6 Å². The standard InChI is InChI=1S/C16H24N2O3/c1-12-3-4-15(14(18-12)10-17-2)21-13-5-7-20-16(9-13)6-8-19-11-16/h3-4,13,17H,5-11H2,1-2H3. The largest absolute Gasteiger partial charge is 0.488 e. The molecule has 1 aromatic heterocycles. The highest BCUT2D eigenvalue weighted by molar-refractivity contribution is 5.29. The van der Waals surface area contributed by atoms with Gasteiger partial charge in [-0.1, -0.05) is 0 Å². The van der Waals surface area contributed by atoms with Gasteiger partial charge in [0.1, 0.15) is 11.9 Å². The molecule has 0 radical (unpaired) electrons. The van der Waals surface area contributed by atoms with Crippen LogP contribution in [0.2, 0.25) is 0 Å². The van der Waals surface area contributed by atoms with E-state index in [4.69, 9.17) is 14.2 Å². The average Bonchev–Trinajstić information content (AvgIpc) is 2.90. The Kier molecular flexibility index (Phi) is 4.42. The molecule has 1 N–H and O–H groups in total. The van der Waals surface area contributed by atoms with E-state index in [1.165, 1.54) is 0 Å². The van der Waals surface area contributed by atoms with E-state index < -0.39 is 0 Å². The number of hydrogen-bond donors (Lipinski definition) is 1. The molecule has 2 aliphatic heterocycles. The second-order valence-electron chi connectivity index (χ2n) is 5.99. The Morgan fingerprint density at radius 1 is 1.43 bits per heavy atom. The molecule has 0 amide bonds. The summed E-state index contributed by atoms with van der Waals surface area (Å²) in [5.41, 5.74) is 1.87. The highest BCUT2D eigenvalue weighted by atomic mass is 16.6. The van der Waals surface area contributed by atoms with E-state index in [0.717, 1.165) is 49.6 Å². The zero-order valence-electron chi connectivity index (χ0n) is 12.9. The summed E-state index contributed by atoms with van der Waals surface area (Å²) >= 11 is 0.